The first-order valence-corrected chi connectivity index (χ1v) is 8.10. The molecule has 1 aromatic heterocycles. The van der Waals surface area contributed by atoms with Gasteiger partial charge >= 0.3 is 0 Å². The molecule has 23 heavy (non-hydrogen) atoms. The third kappa shape index (κ3) is 3.80. The Bertz CT molecular complexity index is 560. The lowest BCUT2D eigenvalue weighted by Gasteiger charge is -2.32. The van der Waals surface area contributed by atoms with Crippen molar-refractivity contribution < 1.29 is 14.3 Å². The van der Waals surface area contributed by atoms with Crippen molar-refractivity contribution in [3.05, 3.63) is 23.4 Å². The van der Waals surface area contributed by atoms with Crippen molar-refractivity contribution in [2.24, 2.45) is 0 Å². The molecule has 3 rings (SSSR count). The second kappa shape index (κ2) is 7.25. The van der Waals surface area contributed by atoms with Crippen LogP contribution in [0.3, 0.4) is 0 Å². The molecule has 0 radical (unpaired) electrons. The number of hydrogen-bond donors (Lipinski definition) is 1. The number of carbonyl (C=O) groups is 1. The second-order valence-electron chi connectivity index (χ2n) is 5.90. The SMILES string of the molecule is CCNc1ccc(CN2CCN(C)CC2=O)c(C2OCCO2)n1. The summed E-state index contributed by atoms with van der Waals surface area (Å²) in [4.78, 5) is 20.8. The summed E-state index contributed by atoms with van der Waals surface area (Å²) >= 11 is 0. The highest BCUT2D eigenvalue weighted by atomic mass is 16.7. The van der Waals surface area contributed by atoms with E-state index >= 15 is 0 Å². The third-order valence-corrected chi connectivity index (χ3v) is 4.09. The van der Waals surface area contributed by atoms with Crippen LogP contribution >= 0.6 is 0 Å². The minimum atomic E-state index is -0.439. The Morgan fingerprint density at radius 3 is 2.78 bits per heavy atom. The fourth-order valence-electron chi connectivity index (χ4n) is 2.84. The van der Waals surface area contributed by atoms with Crippen molar-refractivity contribution >= 4 is 11.7 Å². The van der Waals surface area contributed by atoms with E-state index in [-0.39, 0.29) is 5.91 Å². The quantitative estimate of drug-likeness (QED) is 0.867. The van der Waals surface area contributed by atoms with Crippen LogP contribution in [0, 0.1) is 0 Å². The molecule has 7 nitrogen and oxygen atoms in total. The molecule has 2 saturated heterocycles. The molecule has 2 fully saturated rings. The Kier molecular flexibility index (Phi) is 5.09. The van der Waals surface area contributed by atoms with E-state index in [1.165, 1.54) is 0 Å². The predicted molar refractivity (Wildman–Crippen MR) is 86.0 cm³/mol. The van der Waals surface area contributed by atoms with Crippen LogP contribution in [-0.2, 0) is 20.8 Å². The number of aromatic nitrogens is 1. The van der Waals surface area contributed by atoms with Gasteiger partial charge in [0.2, 0.25) is 12.2 Å². The van der Waals surface area contributed by atoms with Gasteiger partial charge in [-0.1, -0.05) is 6.07 Å². The first kappa shape index (κ1) is 16.2. The van der Waals surface area contributed by atoms with E-state index < -0.39 is 6.29 Å². The van der Waals surface area contributed by atoms with Crippen LogP contribution in [0.4, 0.5) is 5.82 Å². The van der Waals surface area contributed by atoms with E-state index in [0.717, 1.165) is 36.7 Å². The maximum absolute atomic E-state index is 12.2. The fraction of sp³-hybridized carbons (Fsp3) is 0.625. The predicted octanol–water partition coefficient (Wildman–Crippen LogP) is 0.833. The molecular formula is C16H24N4O3. The van der Waals surface area contributed by atoms with Crippen molar-refractivity contribution in [2.45, 2.75) is 19.8 Å². The van der Waals surface area contributed by atoms with E-state index in [4.69, 9.17) is 9.47 Å². The normalized spacial score (nSPS) is 20.3. The molecule has 0 unspecified atom stereocenters. The van der Waals surface area contributed by atoms with Crippen molar-refractivity contribution in [1.29, 1.82) is 0 Å². The van der Waals surface area contributed by atoms with Crippen LogP contribution in [0.15, 0.2) is 12.1 Å². The van der Waals surface area contributed by atoms with Crippen molar-refractivity contribution in [3.63, 3.8) is 0 Å². The molecule has 0 saturated carbocycles. The number of rotatable bonds is 5. The molecule has 1 N–H and O–H groups in total. The minimum Gasteiger partial charge on any atom is -0.370 e. The maximum atomic E-state index is 12.2. The van der Waals surface area contributed by atoms with Gasteiger partial charge in [-0.15, -0.1) is 0 Å². The summed E-state index contributed by atoms with van der Waals surface area (Å²) in [6.07, 6.45) is -0.439. The van der Waals surface area contributed by atoms with Crippen molar-refractivity contribution in [3.8, 4) is 0 Å². The number of anilines is 1. The van der Waals surface area contributed by atoms with Gasteiger partial charge in [0.25, 0.3) is 0 Å². The first-order valence-electron chi connectivity index (χ1n) is 8.10. The molecule has 0 spiro atoms. The van der Waals surface area contributed by atoms with E-state index in [9.17, 15) is 4.79 Å². The lowest BCUT2D eigenvalue weighted by atomic mass is 10.1. The number of carbonyl (C=O) groups excluding carboxylic acids is 1. The third-order valence-electron chi connectivity index (χ3n) is 4.09. The summed E-state index contributed by atoms with van der Waals surface area (Å²) in [5.74, 6) is 0.948. The highest BCUT2D eigenvalue weighted by molar-refractivity contribution is 5.79. The van der Waals surface area contributed by atoms with Crippen molar-refractivity contribution in [2.75, 3.05) is 51.8 Å². The number of nitrogens with one attached hydrogen (secondary N) is 1. The van der Waals surface area contributed by atoms with Gasteiger partial charge < -0.3 is 19.7 Å². The lowest BCUT2D eigenvalue weighted by molar-refractivity contribution is -0.136. The first-order chi connectivity index (χ1) is 11.2. The molecule has 0 aromatic carbocycles. The average molecular weight is 320 g/mol. The zero-order chi connectivity index (χ0) is 16.2. The average Bonchev–Trinajstić information content (AvgIpc) is 3.06. The summed E-state index contributed by atoms with van der Waals surface area (Å²) < 4.78 is 11.2. The minimum absolute atomic E-state index is 0.147. The van der Waals surface area contributed by atoms with Crippen LogP contribution in [0.25, 0.3) is 0 Å². The van der Waals surface area contributed by atoms with Crippen molar-refractivity contribution in [1.82, 2.24) is 14.8 Å². The number of piperazine rings is 1. The number of likely N-dealkylation sites (N-methyl/N-ethyl adjacent to an activating group) is 1. The van der Waals surface area contributed by atoms with Gasteiger partial charge in [0.1, 0.15) is 11.5 Å². The highest BCUT2D eigenvalue weighted by Crippen LogP contribution is 2.27. The van der Waals surface area contributed by atoms with Gasteiger partial charge in [-0.05, 0) is 25.6 Å². The number of amides is 1. The zero-order valence-electron chi connectivity index (χ0n) is 13.7. The lowest BCUT2D eigenvalue weighted by Crippen LogP contribution is -2.48. The van der Waals surface area contributed by atoms with Gasteiger partial charge in [-0.25, -0.2) is 4.98 Å². The maximum Gasteiger partial charge on any atom is 0.237 e. The van der Waals surface area contributed by atoms with Crippen LogP contribution in [0.5, 0.6) is 0 Å². The Hall–Kier alpha value is -1.70. The highest BCUT2D eigenvalue weighted by Gasteiger charge is 2.27. The Morgan fingerprint density at radius 2 is 2.09 bits per heavy atom. The Labute approximate surface area is 136 Å². The summed E-state index contributed by atoms with van der Waals surface area (Å²) in [6, 6.07) is 3.95. The second-order valence-corrected chi connectivity index (χ2v) is 5.90. The Balaban J connectivity index is 1.81. The molecular weight excluding hydrogens is 296 g/mol. The molecule has 0 atom stereocenters. The Morgan fingerprint density at radius 1 is 1.30 bits per heavy atom. The molecule has 2 aliphatic heterocycles. The van der Waals surface area contributed by atoms with Gasteiger partial charge in [0, 0.05) is 26.2 Å². The van der Waals surface area contributed by atoms with Crippen LogP contribution in [-0.4, -0.2) is 67.1 Å². The van der Waals surface area contributed by atoms with E-state index in [1.54, 1.807) is 0 Å². The molecule has 1 aromatic rings. The summed E-state index contributed by atoms with van der Waals surface area (Å²) in [7, 11) is 1.97. The molecule has 126 valence electrons. The number of nitrogens with zero attached hydrogens (tertiary/aromatic N) is 3. The fourth-order valence-corrected chi connectivity index (χ4v) is 2.84. The van der Waals surface area contributed by atoms with Gasteiger partial charge in [-0.3, -0.25) is 9.69 Å². The standard InChI is InChI=1S/C16H24N4O3/c1-3-17-13-5-4-12(15(18-13)16-22-8-9-23-16)10-20-7-6-19(2)11-14(20)21/h4-5,16H,3,6-11H2,1-2H3,(H,17,18). The van der Waals surface area contributed by atoms with Gasteiger partial charge in [-0.2, -0.15) is 0 Å². The van der Waals surface area contributed by atoms with Crippen LogP contribution in [0.2, 0.25) is 0 Å². The summed E-state index contributed by atoms with van der Waals surface area (Å²) in [5.41, 5.74) is 1.75. The molecule has 1 amide bonds. The number of hydrogen-bond acceptors (Lipinski definition) is 6. The molecule has 2 aliphatic rings. The smallest absolute Gasteiger partial charge is 0.237 e. The number of pyridine rings is 1. The van der Waals surface area contributed by atoms with E-state index in [1.807, 2.05) is 35.9 Å². The van der Waals surface area contributed by atoms with Crippen LogP contribution in [0.1, 0.15) is 24.5 Å². The largest absolute Gasteiger partial charge is 0.370 e. The van der Waals surface area contributed by atoms with Crippen LogP contribution < -0.4 is 5.32 Å². The topological polar surface area (TPSA) is 66.9 Å². The summed E-state index contributed by atoms with van der Waals surface area (Å²) in [6.45, 7) is 6.61. The number of ether oxygens (including phenoxy) is 2. The molecule has 7 heteroatoms. The van der Waals surface area contributed by atoms with E-state index in [2.05, 4.69) is 10.3 Å². The summed E-state index contributed by atoms with van der Waals surface area (Å²) in [5, 5.41) is 3.21. The van der Waals surface area contributed by atoms with Gasteiger partial charge in [0.05, 0.1) is 19.8 Å². The zero-order valence-corrected chi connectivity index (χ0v) is 13.7. The monoisotopic (exact) mass is 320 g/mol. The molecule has 3 heterocycles. The molecule has 0 bridgehead atoms. The molecule has 0 aliphatic carbocycles. The van der Waals surface area contributed by atoms with Gasteiger partial charge in [0.15, 0.2) is 0 Å². The van der Waals surface area contributed by atoms with E-state index in [0.29, 0.717) is 26.3 Å².